The summed E-state index contributed by atoms with van der Waals surface area (Å²) in [7, 11) is 0. The molecule has 27 heavy (non-hydrogen) atoms. The highest BCUT2D eigenvalue weighted by molar-refractivity contribution is 9.10. The van der Waals surface area contributed by atoms with E-state index < -0.39 is 0 Å². The predicted molar refractivity (Wildman–Crippen MR) is 126 cm³/mol. The maximum Gasteiger partial charge on any atom is 0.0210 e. The van der Waals surface area contributed by atoms with E-state index >= 15 is 0 Å². The fourth-order valence-corrected chi connectivity index (χ4v) is 5.47. The topological polar surface area (TPSA) is 0 Å². The summed E-state index contributed by atoms with van der Waals surface area (Å²) in [4.78, 5) is 0. The summed E-state index contributed by atoms with van der Waals surface area (Å²) >= 11 is 7.60. The molecule has 0 fully saturated rings. The molecule has 1 aliphatic carbocycles. The van der Waals surface area contributed by atoms with Crippen LogP contribution in [-0.2, 0) is 6.42 Å². The van der Waals surface area contributed by atoms with Gasteiger partial charge in [0.05, 0.1) is 0 Å². The molecule has 0 bridgehead atoms. The van der Waals surface area contributed by atoms with Crippen LogP contribution in [0.3, 0.4) is 0 Å². The third-order valence-electron chi connectivity index (χ3n) is 5.95. The van der Waals surface area contributed by atoms with Crippen LogP contribution in [-0.4, -0.2) is 0 Å². The lowest BCUT2D eigenvalue weighted by Crippen LogP contribution is -2.03. The number of hydrogen-bond acceptors (Lipinski definition) is 0. The van der Waals surface area contributed by atoms with Crippen molar-refractivity contribution in [1.82, 2.24) is 0 Å². The van der Waals surface area contributed by atoms with Crippen molar-refractivity contribution >= 4 is 31.9 Å². The second-order valence-corrected chi connectivity index (χ2v) is 9.70. The average molecular weight is 492 g/mol. The molecule has 3 rings (SSSR count). The molecule has 2 aromatic carbocycles. The van der Waals surface area contributed by atoms with Gasteiger partial charge in [-0.25, -0.2) is 0 Å². The lowest BCUT2D eigenvalue weighted by molar-refractivity contribution is 0.596. The van der Waals surface area contributed by atoms with Gasteiger partial charge in [-0.2, -0.15) is 0 Å². The molecule has 0 saturated heterocycles. The zero-order chi connectivity index (χ0) is 19.2. The van der Waals surface area contributed by atoms with Gasteiger partial charge in [0.2, 0.25) is 0 Å². The highest BCUT2D eigenvalue weighted by atomic mass is 79.9. The first-order valence-electron chi connectivity index (χ1n) is 10.8. The Kier molecular flexibility index (Phi) is 8.02. The second kappa shape index (κ2) is 10.3. The Balaban J connectivity index is 1.94. The lowest BCUT2D eigenvalue weighted by Gasteiger charge is -2.19. The van der Waals surface area contributed by atoms with Crippen LogP contribution in [0, 0.1) is 0 Å². The Hall–Kier alpha value is -0.600. The Labute approximate surface area is 182 Å². The molecule has 1 unspecified atom stereocenters. The van der Waals surface area contributed by atoms with Crippen LogP contribution >= 0.6 is 31.9 Å². The molecule has 1 atom stereocenters. The van der Waals surface area contributed by atoms with Crippen molar-refractivity contribution in [3.05, 3.63) is 56.0 Å². The lowest BCUT2D eigenvalue weighted by atomic mass is 9.87. The van der Waals surface area contributed by atoms with E-state index in [1.807, 2.05) is 0 Å². The van der Waals surface area contributed by atoms with Crippen molar-refractivity contribution in [3.63, 3.8) is 0 Å². The minimum atomic E-state index is 0.558. The monoisotopic (exact) mass is 490 g/mol. The molecule has 146 valence electrons. The summed E-state index contributed by atoms with van der Waals surface area (Å²) in [5, 5.41) is 0. The second-order valence-electron chi connectivity index (χ2n) is 7.93. The SMILES string of the molecule is CCCCCCc1c(Br)ccc2c1C(CCCCCC)c1cc(Br)ccc1-2. The predicted octanol–water partition coefficient (Wildman–Crippen LogP) is 9.42. The fourth-order valence-electron chi connectivity index (χ4n) is 4.55. The first-order valence-corrected chi connectivity index (χ1v) is 12.4. The molecule has 0 amide bonds. The molecular formula is C25H32Br2. The van der Waals surface area contributed by atoms with Gasteiger partial charge in [0.25, 0.3) is 0 Å². The Bertz CT molecular complexity index is 763. The van der Waals surface area contributed by atoms with E-state index in [1.54, 1.807) is 11.1 Å². The van der Waals surface area contributed by atoms with Crippen LogP contribution in [0.15, 0.2) is 39.3 Å². The molecule has 0 aliphatic heterocycles. The molecular weight excluding hydrogens is 460 g/mol. The van der Waals surface area contributed by atoms with Gasteiger partial charge < -0.3 is 0 Å². The van der Waals surface area contributed by atoms with E-state index in [-0.39, 0.29) is 0 Å². The Morgan fingerprint density at radius 1 is 0.778 bits per heavy atom. The van der Waals surface area contributed by atoms with Crippen molar-refractivity contribution < 1.29 is 0 Å². The molecule has 1 aliphatic rings. The molecule has 0 radical (unpaired) electrons. The van der Waals surface area contributed by atoms with E-state index in [0.29, 0.717) is 5.92 Å². The number of halogens is 2. The highest BCUT2D eigenvalue weighted by Crippen LogP contribution is 2.50. The third-order valence-corrected chi connectivity index (χ3v) is 7.19. The largest absolute Gasteiger partial charge is 0.0654 e. The first kappa shape index (κ1) is 21.1. The van der Waals surface area contributed by atoms with E-state index in [4.69, 9.17) is 0 Å². The highest BCUT2D eigenvalue weighted by Gasteiger charge is 2.31. The van der Waals surface area contributed by atoms with Crippen LogP contribution < -0.4 is 0 Å². The fraction of sp³-hybridized carbons (Fsp3) is 0.520. The van der Waals surface area contributed by atoms with Gasteiger partial charge >= 0.3 is 0 Å². The van der Waals surface area contributed by atoms with E-state index in [2.05, 4.69) is 76.0 Å². The summed E-state index contributed by atoms with van der Waals surface area (Å²) < 4.78 is 2.51. The zero-order valence-electron chi connectivity index (χ0n) is 16.8. The van der Waals surface area contributed by atoms with Gasteiger partial charge in [-0.3, -0.25) is 0 Å². The van der Waals surface area contributed by atoms with Crippen LogP contribution in [0.2, 0.25) is 0 Å². The average Bonchev–Trinajstić information content (AvgIpc) is 2.97. The minimum absolute atomic E-state index is 0.558. The molecule has 0 saturated carbocycles. The smallest absolute Gasteiger partial charge is 0.0210 e. The number of benzene rings is 2. The summed E-state index contributed by atoms with van der Waals surface area (Å²) in [6, 6.07) is 11.5. The van der Waals surface area contributed by atoms with Crippen LogP contribution in [0.5, 0.6) is 0 Å². The van der Waals surface area contributed by atoms with Crippen LogP contribution in [0.1, 0.15) is 94.2 Å². The zero-order valence-corrected chi connectivity index (χ0v) is 20.0. The van der Waals surface area contributed by atoms with Crippen LogP contribution in [0.4, 0.5) is 0 Å². The Morgan fingerprint density at radius 3 is 2.22 bits per heavy atom. The van der Waals surface area contributed by atoms with Crippen LogP contribution in [0.25, 0.3) is 11.1 Å². The third kappa shape index (κ3) is 4.88. The molecule has 2 aromatic rings. The standard InChI is InChI=1S/C25H32Br2/c1-3-5-7-9-11-20-23-17-18(26)13-14-19(23)21-15-16-24(27)22(25(20)21)12-10-8-6-4-2/h13-17,20H,3-12H2,1-2H3. The molecule has 2 heteroatoms. The first-order chi connectivity index (χ1) is 13.2. The summed E-state index contributed by atoms with van der Waals surface area (Å²) in [6.07, 6.45) is 13.1. The number of unbranched alkanes of at least 4 members (excludes halogenated alkanes) is 6. The Morgan fingerprint density at radius 2 is 1.48 bits per heavy atom. The molecule has 0 N–H and O–H groups in total. The van der Waals surface area contributed by atoms with Gasteiger partial charge in [-0.15, -0.1) is 0 Å². The van der Waals surface area contributed by atoms with E-state index in [1.165, 1.54) is 89.8 Å². The van der Waals surface area contributed by atoms with Gasteiger partial charge in [0, 0.05) is 14.9 Å². The normalized spacial score (nSPS) is 15.0. The maximum absolute atomic E-state index is 3.89. The molecule has 0 spiro atoms. The van der Waals surface area contributed by atoms with Gasteiger partial charge in [0.1, 0.15) is 0 Å². The number of fused-ring (bicyclic) bond motifs is 3. The van der Waals surface area contributed by atoms with Crippen molar-refractivity contribution in [2.75, 3.05) is 0 Å². The summed E-state index contributed by atoms with van der Waals surface area (Å²) in [6.45, 7) is 4.58. The summed E-state index contributed by atoms with van der Waals surface area (Å²) in [5.74, 6) is 0.558. The molecule has 0 aromatic heterocycles. The maximum atomic E-state index is 3.89. The summed E-state index contributed by atoms with van der Waals surface area (Å²) in [5.41, 5.74) is 7.65. The molecule has 0 heterocycles. The van der Waals surface area contributed by atoms with Gasteiger partial charge in [-0.1, -0.05) is 103 Å². The van der Waals surface area contributed by atoms with E-state index in [0.717, 1.165) is 0 Å². The van der Waals surface area contributed by atoms with Crippen molar-refractivity contribution in [3.8, 4) is 11.1 Å². The quantitative estimate of drug-likeness (QED) is 0.290. The molecule has 0 nitrogen and oxygen atoms in total. The van der Waals surface area contributed by atoms with Crippen molar-refractivity contribution in [1.29, 1.82) is 0 Å². The van der Waals surface area contributed by atoms with Crippen molar-refractivity contribution in [2.45, 2.75) is 84.0 Å². The minimum Gasteiger partial charge on any atom is -0.0654 e. The van der Waals surface area contributed by atoms with Crippen molar-refractivity contribution in [2.24, 2.45) is 0 Å². The number of rotatable bonds is 10. The number of hydrogen-bond donors (Lipinski definition) is 0. The van der Waals surface area contributed by atoms with Gasteiger partial charge in [0.15, 0.2) is 0 Å². The van der Waals surface area contributed by atoms with E-state index in [9.17, 15) is 0 Å². The van der Waals surface area contributed by atoms with Gasteiger partial charge in [-0.05, 0) is 65.3 Å².